The first-order valence-corrected chi connectivity index (χ1v) is 10.4. The van der Waals surface area contributed by atoms with Gasteiger partial charge in [0.25, 0.3) is 11.6 Å². The smallest absolute Gasteiger partial charge is 0.366 e. The number of carbonyl (C=O) groups is 2. The lowest BCUT2D eigenvalue weighted by Crippen LogP contribution is -2.40. The number of carbonyl (C=O) groups excluding carboxylic acids is 2. The van der Waals surface area contributed by atoms with Gasteiger partial charge in [-0.05, 0) is 49.6 Å². The molecule has 0 unspecified atom stereocenters. The lowest BCUT2D eigenvalue weighted by molar-refractivity contribution is -0.384. The SMILES string of the molecule is CCN(Cc1cccc(NC(=O)c2ccc(N3CCCC3)c([N+](=O)[O-])c2)c1)C(=O)C(F)(F)F. The van der Waals surface area contributed by atoms with E-state index in [-0.39, 0.29) is 24.3 Å². The van der Waals surface area contributed by atoms with Gasteiger partial charge in [-0.15, -0.1) is 0 Å². The van der Waals surface area contributed by atoms with Gasteiger partial charge in [0.1, 0.15) is 5.69 Å². The van der Waals surface area contributed by atoms with Crippen molar-refractivity contribution in [1.82, 2.24) is 4.90 Å². The maximum Gasteiger partial charge on any atom is 0.471 e. The number of amides is 2. The van der Waals surface area contributed by atoms with Crippen LogP contribution in [0.25, 0.3) is 0 Å². The van der Waals surface area contributed by atoms with Gasteiger partial charge in [0, 0.05) is 43.5 Å². The second-order valence-electron chi connectivity index (χ2n) is 7.63. The number of alkyl halides is 3. The summed E-state index contributed by atoms with van der Waals surface area (Å²) in [7, 11) is 0. The average molecular weight is 464 g/mol. The topological polar surface area (TPSA) is 95.8 Å². The normalized spacial score (nSPS) is 13.6. The first-order valence-electron chi connectivity index (χ1n) is 10.4. The molecule has 1 aliphatic heterocycles. The Hall–Kier alpha value is -3.63. The van der Waals surface area contributed by atoms with Crippen molar-refractivity contribution < 1.29 is 27.7 Å². The van der Waals surface area contributed by atoms with Gasteiger partial charge in [0.2, 0.25) is 0 Å². The van der Waals surface area contributed by atoms with Crippen molar-refractivity contribution in [2.75, 3.05) is 29.9 Å². The van der Waals surface area contributed by atoms with E-state index in [9.17, 15) is 32.9 Å². The van der Waals surface area contributed by atoms with Crippen molar-refractivity contribution in [3.05, 3.63) is 63.7 Å². The molecule has 1 heterocycles. The van der Waals surface area contributed by atoms with Gasteiger partial charge in [-0.1, -0.05) is 12.1 Å². The number of halogens is 3. The summed E-state index contributed by atoms with van der Waals surface area (Å²) in [6.07, 6.45) is -3.09. The van der Waals surface area contributed by atoms with Gasteiger partial charge >= 0.3 is 12.1 Å². The van der Waals surface area contributed by atoms with Crippen molar-refractivity contribution in [1.29, 1.82) is 0 Å². The van der Waals surface area contributed by atoms with Crippen molar-refractivity contribution >= 4 is 28.9 Å². The van der Waals surface area contributed by atoms with E-state index in [0.717, 1.165) is 12.8 Å². The minimum atomic E-state index is -4.97. The molecule has 1 aliphatic rings. The lowest BCUT2D eigenvalue weighted by atomic mass is 10.1. The number of nitrogens with one attached hydrogen (secondary N) is 1. The van der Waals surface area contributed by atoms with Crippen LogP contribution in [0, 0.1) is 10.1 Å². The molecule has 2 amide bonds. The summed E-state index contributed by atoms with van der Waals surface area (Å²) in [5.41, 5.74) is 1.06. The molecule has 0 atom stereocenters. The second kappa shape index (κ2) is 9.88. The van der Waals surface area contributed by atoms with E-state index < -0.39 is 22.9 Å². The fourth-order valence-corrected chi connectivity index (χ4v) is 3.71. The van der Waals surface area contributed by atoms with Crippen LogP contribution in [0.3, 0.4) is 0 Å². The predicted molar refractivity (Wildman–Crippen MR) is 116 cm³/mol. The number of hydrogen-bond donors (Lipinski definition) is 1. The van der Waals surface area contributed by atoms with E-state index >= 15 is 0 Å². The largest absolute Gasteiger partial charge is 0.471 e. The third kappa shape index (κ3) is 5.79. The molecule has 3 rings (SSSR count). The van der Waals surface area contributed by atoms with Crippen LogP contribution in [-0.2, 0) is 11.3 Å². The van der Waals surface area contributed by atoms with Crippen LogP contribution in [0.1, 0.15) is 35.7 Å². The molecule has 11 heteroatoms. The second-order valence-corrected chi connectivity index (χ2v) is 7.63. The summed E-state index contributed by atoms with van der Waals surface area (Å²) in [6, 6.07) is 10.3. The van der Waals surface area contributed by atoms with E-state index in [2.05, 4.69) is 5.32 Å². The first-order chi connectivity index (χ1) is 15.6. The third-order valence-corrected chi connectivity index (χ3v) is 5.35. The fraction of sp³-hybridized carbons (Fsp3) is 0.364. The number of benzene rings is 2. The molecule has 0 spiro atoms. The van der Waals surface area contributed by atoms with Crippen LogP contribution >= 0.6 is 0 Å². The van der Waals surface area contributed by atoms with E-state index in [0.29, 0.717) is 34.9 Å². The predicted octanol–water partition coefficient (Wildman–Crippen LogP) is 4.36. The highest BCUT2D eigenvalue weighted by atomic mass is 19.4. The van der Waals surface area contributed by atoms with Crippen molar-refractivity contribution in [2.45, 2.75) is 32.5 Å². The Labute approximate surface area is 188 Å². The molecular weight excluding hydrogens is 441 g/mol. The zero-order valence-corrected chi connectivity index (χ0v) is 17.9. The van der Waals surface area contributed by atoms with Crippen LogP contribution in [0.2, 0.25) is 0 Å². The monoisotopic (exact) mass is 464 g/mol. The van der Waals surface area contributed by atoms with Crippen LogP contribution < -0.4 is 10.2 Å². The molecular formula is C22H23F3N4O4. The molecule has 1 fully saturated rings. The van der Waals surface area contributed by atoms with Gasteiger partial charge in [0.15, 0.2) is 0 Å². The Morgan fingerprint density at radius 2 is 1.85 bits per heavy atom. The molecule has 0 aromatic heterocycles. The third-order valence-electron chi connectivity index (χ3n) is 5.35. The van der Waals surface area contributed by atoms with E-state index in [4.69, 9.17) is 0 Å². The zero-order chi connectivity index (χ0) is 24.2. The number of nitro groups is 1. The number of hydrogen-bond acceptors (Lipinski definition) is 5. The van der Waals surface area contributed by atoms with Gasteiger partial charge in [-0.25, -0.2) is 0 Å². The molecule has 8 nitrogen and oxygen atoms in total. The molecule has 2 aromatic carbocycles. The van der Waals surface area contributed by atoms with E-state index in [1.54, 1.807) is 6.07 Å². The molecule has 0 saturated carbocycles. The Morgan fingerprint density at radius 3 is 2.45 bits per heavy atom. The van der Waals surface area contributed by atoms with Crippen LogP contribution in [0.15, 0.2) is 42.5 Å². The summed E-state index contributed by atoms with van der Waals surface area (Å²) in [5, 5.41) is 14.2. The summed E-state index contributed by atoms with van der Waals surface area (Å²) in [5.74, 6) is -2.54. The Bertz CT molecular complexity index is 1050. The molecule has 0 radical (unpaired) electrons. The molecule has 1 saturated heterocycles. The maximum absolute atomic E-state index is 12.7. The van der Waals surface area contributed by atoms with E-state index in [1.807, 2.05) is 4.90 Å². The number of nitrogens with zero attached hydrogens (tertiary/aromatic N) is 3. The van der Waals surface area contributed by atoms with Crippen LogP contribution in [0.4, 0.5) is 30.2 Å². The van der Waals surface area contributed by atoms with Gasteiger partial charge in [-0.3, -0.25) is 19.7 Å². The highest BCUT2D eigenvalue weighted by Gasteiger charge is 2.41. The number of rotatable bonds is 7. The lowest BCUT2D eigenvalue weighted by Gasteiger charge is -2.22. The van der Waals surface area contributed by atoms with E-state index in [1.165, 1.54) is 43.3 Å². The Morgan fingerprint density at radius 1 is 1.15 bits per heavy atom. The Kier molecular flexibility index (Phi) is 7.19. The Balaban J connectivity index is 1.76. The molecule has 176 valence electrons. The summed E-state index contributed by atoms with van der Waals surface area (Å²) < 4.78 is 38.2. The zero-order valence-electron chi connectivity index (χ0n) is 17.9. The first kappa shape index (κ1) is 24.0. The minimum absolute atomic E-state index is 0.0810. The summed E-state index contributed by atoms with van der Waals surface area (Å²) in [4.78, 5) is 37.8. The van der Waals surface area contributed by atoms with Crippen molar-refractivity contribution in [2.24, 2.45) is 0 Å². The molecule has 0 aliphatic carbocycles. The van der Waals surface area contributed by atoms with Crippen molar-refractivity contribution in [3.63, 3.8) is 0 Å². The standard InChI is InChI=1S/C22H23F3N4O4/c1-2-27(21(31)22(23,24)25)14-15-6-5-7-17(12-15)26-20(30)16-8-9-18(19(13-16)29(32)33)28-10-3-4-11-28/h5-9,12-13H,2-4,10-11,14H2,1H3,(H,26,30). The number of anilines is 2. The summed E-state index contributed by atoms with van der Waals surface area (Å²) in [6.45, 7) is 2.44. The van der Waals surface area contributed by atoms with Gasteiger partial charge < -0.3 is 15.1 Å². The highest BCUT2D eigenvalue weighted by molar-refractivity contribution is 6.05. The molecule has 2 aromatic rings. The molecule has 1 N–H and O–H groups in total. The minimum Gasteiger partial charge on any atom is -0.366 e. The van der Waals surface area contributed by atoms with Crippen LogP contribution in [-0.4, -0.2) is 47.4 Å². The fourth-order valence-electron chi connectivity index (χ4n) is 3.71. The highest BCUT2D eigenvalue weighted by Crippen LogP contribution is 2.32. The number of nitro benzene ring substituents is 1. The van der Waals surface area contributed by atoms with Crippen LogP contribution in [0.5, 0.6) is 0 Å². The maximum atomic E-state index is 12.7. The molecule has 0 bridgehead atoms. The van der Waals surface area contributed by atoms with Gasteiger partial charge in [0.05, 0.1) is 4.92 Å². The van der Waals surface area contributed by atoms with Gasteiger partial charge in [-0.2, -0.15) is 13.2 Å². The summed E-state index contributed by atoms with van der Waals surface area (Å²) >= 11 is 0. The molecule has 33 heavy (non-hydrogen) atoms. The quantitative estimate of drug-likeness (QED) is 0.485. The average Bonchev–Trinajstić information content (AvgIpc) is 3.31. The van der Waals surface area contributed by atoms with Crippen molar-refractivity contribution in [3.8, 4) is 0 Å².